The van der Waals surface area contributed by atoms with Crippen LogP contribution in [-0.2, 0) is 16.1 Å². The molecule has 1 N–H and O–H groups in total. The van der Waals surface area contributed by atoms with Crippen molar-refractivity contribution in [3.8, 4) is 22.1 Å². The maximum atomic E-state index is 11.6. The highest BCUT2D eigenvalue weighted by Crippen LogP contribution is 2.37. The molecular weight excluding hydrogens is 340 g/mol. The first-order valence-corrected chi connectivity index (χ1v) is 9.22. The first-order valence-electron chi connectivity index (χ1n) is 8.34. The Hall–Kier alpha value is -2.12. The van der Waals surface area contributed by atoms with Crippen LogP contribution in [0.5, 0.6) is 11.5 Å². The Bertz CT molecular complexity index is 785. The molecule has 25 heavy (non-hydrogen) atoms. The van der Waals surface area contributed by atoms with E-state index >= 15 is 0 Å². The Balaban J connectivity index is 1.42. The Kier molecular flexibility index (Phi) is 4.35. The fourth-order valence-electron chi connectivity index (χ4n) is 3.20. The van der Waals surface area contributed by atoms with Gasteiger partial charge in [0.25, 0.3) is 0 Å². The molecule has 2 aromatic rings. The molecule has 2 aliphatic rings. The van der Waals surface area contributed by atoms with E-state index < -0.39 is 0 Å². The van der Waals surface area contributed by atoms with Crippen molar-refractivity contribution in [3.05, 3.63) is 29.3 Å². The fraction of sp³-hybridized carbons (Fsp3) is 0.444. The summed E-state index contributed by atoms with van der Waals surface area (Å²) < 4.78 is 15.6. The van der Waals surface area contributed by atoms with Crippen molar-refractivity contribution in [2.24, 2.45) is 0 Å². The van der Waals surface area contributed by atoms with Gasteiger partial charge >= 0.3 is 5.97 Å². The normalized spacial score (nSPS) is 17.2. The second-order valence-electron chi connectivity index (χ2n) is 6.45. The van der Waals surface area contributed by atoms with Crippen molar-refractivity contribution in [1.82, 2.24) is 10.3 Å². The Morgan fingerprint density at radius 1 is 1.36 bits per heavy atom. The Morgan fingerprint density at radius 3 is 2.96 bits per heavy atom. The first kappa shape index (κ1) is 16.4. The molecule has 4 rings (SSSR count). The number of rotatable bonds is 6. The van der Waals surface area contributed by atoms with Crippen molar-refractivity contribution >= 4 is 17.3 Å². The zero-order valence-electron chi connectivity index (χ0n) is 14.0. The summed E-state index contributed by atoms with van der Waals surface area (Å²) in [6, 6.07) is 5.87. The quantitative estimate of drug-likeness (QED) is 0.798. The van der Waals surface area contributed by atoms with Gasteiger partial charge in [-0.1, -0.05) is 0 Å². The van der Waals surface area contributed by atoms with Crippen molar-refractivity contribution in [2.75, 3.05) is 13.9 Å². The number of benzene rings is 1. The van der Waals surface area contributed by atoms with Gasteiger partial charge in [0.2, 0.25) is 6.79 Å². The van der Waals surface area contributed by atoms with E-state index in [0.717, 1.165) is 47.0 Å². The second-order valence-corrected chi connectivity index (χ2v) is 7.31. The predicted octanol–water partition coefficient (Wildman–Crippen LogP) is 3.11. The van der Waals surface area contributed by atoms with Gasteiger partial charge in [0.05, 0.1) is 19.2 Å². The van der Waals surface area contributed by atoms with Gasteiger partial charge in [0.15, 0.2) is 11.5 Å². The van der Waals surface area contributed by atoms with E-state index in [4.69, 9.17) is 19.2 Å². The number of thiazole rings is 1. The summed E-state index contributed by atoms with van der Waals surface area (Å²) in [4.78, 5) is 16.3. The predicted molar refractivity (Wildman–Crippen MR) is 93.7 cm³/mol. The van der Waals surface area contributed by atoms with Gasteiger partial charge < -0.3 is 19.5 Å². The summed E-state index contributed by atoms with van der Waals surface area (Å²) >= 11 is 1.60. The maximum Gasteiger partial charge on any atom is 0.307 e. The molecule has 0 bridgehead atoms. The van der Waals surface area contributed by atoms with E-state index in [1.807, 2.05) is 18.2 Å². The van der Waals surface area contributed by atoms with Gasteiger partial charge in [-0.15, -0.1) is 11.3 Å². The third-order valence-electron chi connectivity index (χ3n) is 4.84. The molecule has 1 aromatic carbocycles. The van der Waals surface area contributed by atoms with Crippen molar-refractivity contribution in [1.29, 1.82) is 0 Å². The minimum atomic E-state index is -0.161. The summed E-state index contributed by atoms with van der Waals surface area (Å²) in [5.41, 5.74) is 1.87. The standard InChI is InChI=1S/C18H20N2O4S/c1-22-16(21)8-18(5-2-6-18)19-9-13-10-25-17(20-13)12-3-4-14-15(7-12)24-11-23-14/h3-4,7,10,19H,2,5-6,8-9,11H2,1H3. The van der Waals surface area contributed by atoms with Crippen molar-refractivity contribution < 1.29 is 19.0 Å². The number of methoxy groups -OCH3 is 1. The number of hydrogen-bond acceptors (Lipinski definition) is 7. The number of ether oxygens (including phenoxy) is 3. The molecule has 0 spiro atoms. The van der Waals surface area contributed by atoms with Crippen LogP contribution in [0, 0.1) is 0 Å². The topological polar surface area (TPSA) is 69.7 Å². The summed E-state index contributed by atoms with van der Waals surface area (Å²) in [7, 11) is 1.44. The molecule has 1 aromatic heterocycles. The molecule has 0 unspecified atom stereocenters. The number of esters is 1. The number of nitrogens with one attached hydrogen (secondary N) is 1. The zero-order valence-corrected chi connectivity index (χ0v) is 14.9. The smallest absolute Gasteiger partial charge is 0.307 e. The van der Waals surface area contributed by atoms with Crippen LogP contribution < -0.4 is 14.8 Å². The average Bonchev–Trinajstić information content (AvgIpc) is 3.25. The Labute approximate surface area is 150 Å². The van der Waals surface area contributed by atoms with E-state index in [0.29, 0.717) is 13.0 Å². The lowest BCUT2D eigenvalue weighted by molar-refractivity contribution is -0.143. The average molecular weight is 360 g/mol. The number of hydrogen-bond donors (Lipinski definition) is 1. The minimum absolute atomic E-state index is 0.129. The lowest BCUT2D eigenvalue weighted by atomic mass is 9.74. The molecule has 1 saturated carbocycles. The van der Waals surface area contributed by atoms with E-state index in [9.17, 15) is 4.79 Å². The number of nitrogens with zero attached hydrogens (tertiary/aromatic N) is 1. The highest BCUT2D eigenvalue weighted by atomic mass is 32.1. The molecule has 0 saturated heterocycles. The van der Waals surface area contributed by atoms with Crippen LogP contribution in [0.15, 0.2) is 23.6 Å². The Morgan fingerprint density at radius 2 is 2.20 bits per heavy atom. The first-order chi connectivity index (χ1) is 12.2. The molecular formula is C18H20N2O4S. The molecule has 1 fully saturated rings. The molecule has 1 aliphatic carbocycles. The maximum absolute atomic E-state index is 11.6. The van der Waals surface area contributed by atoms with Crippen molar-refractivity contribution in [3.63, 3.8) is 0 Å². The van der Waals surface area contributed by atoms with Crippen LogP contribution >= 0.6 is 11.3 Å². The van der Waals surface area contributed by atoms with Gasteiger partial charge in [-0.3, -0.25) is 4.79 Å². The molecule has 6 nitrogen and oxygen atoms in total. The molecule has 2 heterocycles. The van der Waals surface area contributed by atoms with Gasteiger partial charge in [0.1, 0.15) is 5.01 Å². The minimum Gasteiger partial charge on any atom is -0.469 e. The van der Waals surface area contributed by atoms with Crippen molar-refractivity contribution in [2.45, 2.75) is 37.8 Å². The van der Waals surface area contributed by atoms with Gasteiger partial charge in [0, 0.05) is 23.0 Å². The summed E-state index contributed by atoms with van der Waals surface area (Å²) in [6.45, 7) is 0.923. The number of carbonyl (C=O) groups is 1. The van der Waals surface area contributed by atoms with Crippen LogP contribution in [-0.4, -0.2) is 30.4 Å². The van der Waals surface area contributed by atoms with Crippen LogP contribution in [0.25, 0.3) is 10.6 Å². The van der Waals surface area contributed by atoms with E-state index in [2.05, 4.69) is 10.7 Å². The molecule has 7 heteroatoms. The SMILES string of the molecule is COC(=O)CC1(NCc2csc(-c3ccc4c(c3)OCO4)n2)CCC1. The fourth-order valence-corrected chi connectivity index (χ4v) is 4.01. The number of fused-ring (bicyclic) bond motifs is 1. The molecule has 0 atom stereocenters. The van der Waals surface area contributed by atoms with Crippen LogP contribution in [0.3, 0.4) is 0 Å². The summed E-state index contributed by atoms with van der Waals surface area (Å²) in [5, 5.41) is 6.52. The van der Waals surface area contributed by atoms with E-state index in [1.54, 1.807) is 11.3 Å². The van der Waals surface area contributed by atoms with E-state index in [1.165, 1.54) is 7.11 Å². The lowest BCUT2D eigenvalue weighted by Crippen LogP contribution is -2.52. The highest BCUT2D eigenvalue weighted by molar-refractivity contribution is 7.13. The number of aromatic nitrogens is 1. The van der Waals surface area contributed by atoms with Crippen LogP contribution in [0.4, 0.5) is 0 Å². The third kappa shape index (κ3) is 3.34. The summed E-state index contributed by atoms with van der Waals surface area (Å²) in [5.74, 6) is 1.38. The zero-order chi connectivity index (χ0) is 17.3. The summed E-state index contributed by atoms with van der Waals surface area (Å²) in [6.07, 6.45) is 3.56. The highest BCUT2D eigenvalue weighted by Gasteiger charge is 2.38. The number of carbonyl (C=O) groups excluding carboxylic acids is 1. The largest absolute Gasteiger partial charge is 0.469 e. The molecule has 0 radical (unpaired) electrons. The molecule has 1 aliphatic heterocycles. The van der Waals surface area contributed by atoms with Gasteiger partial charge in [-0.05, 0) is 37.5 Å². The van der Waals surface area contributed by atoms with Gasteiger partial charge in [-0.2, -0.15) is 0 Å². The monoisotopic (exact) mass is 360 g/mol. The molecule has 0 amide bonds. The molecule has 132 valence electrons. The van der Waals surface area contributed by atoms with Gasteiger partial charge in [-0.25, -0.2) is 4.98 Å². The van der Waals surface area contributed by atoms with Crippen LogP contribution in [0.2, 0.25) is 0 Å². The second kappa shape index (κ2) is 6.65. The van der Waals surface area contributed by atoms with E-state index in [-0.39, 0.29) is 18.3 Å². The van der Waals surface area contributed by atoms with Crippen LogP contribution in [0.1, 0.15) is 31.4 Å². The third-order valence-corrected chi connectivity index (χ3v) is 5.78. The lowest BCUT2D eigenvalue weighted by Gasteiger charge is -2.42.